The van der Waals surface area contributed by atoms with Gasteiger partial charge in [0.05, 0.1) is 0 Å². The number of aromatic hydroxyl groups is 1. The first-order chi connectivity index (χ1) is 8.60. The number of rotatable bonds is 3. The van der Waals surface area contributed by atoms with Crippen LogP contribution in [0.15, 0.2) is 18.2 Å². The molecule has 1 aromatic carbocycles. The number of nitrogens with one attached hydrogen (secondary N) is 1. The molecule has 98 valence electrons. The molecule has 1 aliphatic rings. The Balaban J connectivity index is 2.16. The molecule has 18 heavy (non-hydrogen) atoms. The van der Waals surface area contributed by atoms with E-state index in [1.807, 2.05) is 32.2 Å². The quantitative estimate of drug-likeness (QED) is 0.560. The third-order valence-electron chi connectivity index (χ3n) is 2.33. The Bertz CT molecular complexity index is 458. The molecule has 4 nitrogen and oxygen atoms in total. The summed E-state index contributed by atoms with van der Waals surface area (Å²) in [5, 5.41) is 21.8. The fourth-order valence-corrected chi connectivity index (χ4v) is 16.9. The van der Waals surface area contributed by atoms with Crippen molar-refractivity contribution in [2.24, 2.45) is 0 Å². The molecule has 1 aromatic rings. The number of phenolic OH excluding ortho intramolecular Hbond substituents is 1. The molecule has 2 unspecified atom stereocenters. The molecule has 0 spiro atoms. The van der Waals surface area contributed by atoms with Gasteiger partial charge in [0.2, 0.25) is 0 Å². The summed E-state index contributed by atoms with van der Waals surface area (Å²) in [4.78, 5) is 11.0. The third-order valence-corrected chi connectivity index (χ3v) is 16.3. The van der Waals surface area contributed by atoms with Crippen LogP contribution in [0.1, 0.15) is 6.92 Å². The van der Waals surface area contributed by atoms with Crippen LogP contribution in [0.5, 0.6) is 5.75 Å². The Labute approximate surface area is 117 Å². The van der Waals surface area contributed by atoms with Gasteiger partial charge in [-0.3, -0.25) is 0 Å². The van der Waals surface area contributed by atoms with E-state index in [9.17, 15) is 9.90 Å². The molecule has 7 heteroatoms. The average molecular weight is 347 g/mol. The van der Waals surface area contributed by atoms with Crippen molar-refractivity contribution in [2.45, 2.75) is 12.2 Å². The van der Waals surface area contributed by atoms with Gasteiger partial charge in [0, 0.05) is 0 Å². The van der Waals surface area contributed by atoms with Crippen molar-refractivity contribution in [3.05, 3.63) is 18.2 Å². The van der Waals surface area contributed by atoms with Crippen molar-refractivity contribution in [1.82, 2.24) is 0 Å². The molecule has 0 saturated carbocycles. The van der Waals surface area contributed by atoms with Gasteiger partial charge in [-0.05, 0) is 0 Å². The van der Waals surface area contributed by atoms with E-state index in [1.54, 1.807) is 6.07 Å². The molecule has 1 heterocycles. The van der Waals surface area contributed by atoms with Gasteiger partial charge in [-0.15, -0.1) is 0 Å². The van der Waals surface area contributed by atoms with Gasteiger partial charge in [-0.1, -0.05) is 0 Å². The first kappa shape index (κ1) is 14.1. The fourth-order valence-electron chi connectivity index (χ4n) is 1.50. The van der Waals surface area contributed by atoms with Gasteiger partial charge in [-0.25, -0.2) is 0 Å². The second kappa shape index (κ2) is 6.24. The number of hydrogen-bond acceptors (Lipinski definition) is 5. The van der Waals surface area contributed by atoms with Crippen molar-refractivity contribution >= 4 is 48.3 Å². The predicted octanol–water partition coefficient (Wildman–Crippen LogP) is 0.887. The number of hydrogen-bond donors (Lipinski definition) is 3. The topological polar surface area (TPSA) is 69.6 Å². The second-order valence-corrected chi connectivity index (χ2v) is 15.4. The summed E-state index contributed by atoms with van der Waals surface area (Å²) < 4.78 is 1.19. The molecule has 1 amide bonds. The summed E-state index contributed by atoms with van der Waals surface area (Å²) in [6.07, 6.45) is 0. The number of carbonyl (C=O) groups excluding carboxylic acids is 1. The van der Waals surface area contributed by atoms with Crippen LogP contribution in [0.3, 0.4) is 0 Å². The molecule has 0 bridgehead atoms. The van der Waals surface area contributed by atoms with Crippen LogP contribution in [0.2, 0.25) is 0 Å². The van der Waals surface area contributed by atoms with Crippen molar-refractivity contribution in [3.8, 4) is 5.75 Å². The Morgan fingerprint density at radius 2 is 2.39 bits per heavy atom. The Hall–Kier alpha value is -0.292. The van der Waals surface area contributed by atoms with E-state index < -0.39 is 12.3 Å². The first-order valence-electron chi connectivity index (χ1n) is 5.41. The van der Waals surface area contributed by atoms with E-state index in [4.69, 9.17) is 5.11 Å². The maximum absolute atomic E-state index is 11.0. The van der Waals surface area contributed by atoms with E-state index >= 15 is 0 Å². The standard InChI is InChI=1S/C11H14AsNO3S2/c1-7(15)13-10-4-8(2-3-11(10)16)12-17-6-9(5-14)18-12/h2-4,9,14,16H,5-6H2,1H3,(H,13,15). The molecular weight excluding hydrogens is 333 g/mol. The zero-order chi connectivity index (χ0) is 13.1. The summed E-state index contributed by atoms with van der Waals surface area (Å²) in [6.45, 7) is 1.64. The van der Waals surface area contributed by atoms with E-state index in [0.717, 1.165) is 5.75 Å². The van der Waals surface area contributed by atoms with Crippen LogP contribution in [0, 0.1) is 0 Å². The fraction of sp³-hybridized carbons (Fsp3) is 0.364. The van der Waals surface area contributed by atoms with E-state index in [0.29, 0.717) is 10.9 Å². The summed E-state index contributed by atoms with van der Waals surface area (Å²) in [6, 6.07) is 5.40. The van der Waals surface area contributed by atoms with Crippen molar-refractivity contribution < 1.29 is 15.0 Å². The first-order valence-corrected chi connectivity index (χ1v) is 12.7. The zero-order valence-corrected chi connectivity index (χ0v) is 13.3. The van der Waals surface area contributed by atoms with Crippen LogP contribution in [0.4, 0.5) is 5.69 Å². The Morgan fingerprint density at radius 3 is 3.00 bits per heavy atom. The Kier molecular flexibility index (Phi) is 4.90. The van der Waals surface area contributed by atoms with Gasteiger partial charge < -0.3 is 0 Å². The van der Waals surface area contributed by atoms with Crippen molar-refractivity contribution in [2.75, 3.05) is 17.7 Å². The van der Waals surface area contributed by atoms with Crippen LogP contribution < -0.4 is 9.67 Å². The van der Waals surface area contributed by atoms with Crippen LogP contribution >= 0.6 is 20.0 Å². The SMILES string of the molecule is CC(=O)Nc1cc([As]2SCC(CO)S2)ccc1O. The van der Waals surface area contributed by atoms with Gasteiger partial charge in [0.1, 0.15) is 0 Å². The molecule has 2 atom stereocenters. The number of anilines is 1. The van der Waals surface area contributed by atoms with E-state index in [2.05, 4.69) is 5.32 Å². The minimum absolute atomic E-state index is 0.0934. The predicted molar refractivity (Wildman–Crippen MR) is 78.7 cm³/mol. The van der Waals surface area contributed by atoms with Crippen molar-refractivity contribution in [3.63, 3.8) is 0 Å². The number of amides is 1. The number of phenols is 1. The molecule has 1 aliphatic heterocycles. The summed E-state index contributed by atoms with van der Waals surface area (Å²) >= 11 is -1.27. The number of aliphatic hydroxyl groups is 1. The minimum atomic E-state index is -1.27. The molecule has 0 aliphatic carbocycles. The molecule has 2 rings (SSSR count). The number of aliphatic hydroxyl groups excluding tert-OH is 1. The molecule has 1 saturated heterocycles. The van der Waals surface area contributed by atoms with Gasteiger partial charge in [-0.2, -0.15) is 0 Å². The van der Waals surface area contributed by atoms with E-state index in [1.165, 1.54) is 11.3 Å². The zero-order valence-electron chi connectivity index (χ0n) is 9.79. The maximum atomic E-state index is 11.0. The van der Waals surface area contributed by atoms with Crippen LogP contribution in [0.25, 0.3) is 0 Å². The van der Waals surface area contributed by atoms with Gasteiger partial charge >= 0.3 is 117 Å². The molecular formula is C11H14AsNO3S2. The summed E-state index contributed by atoms with van der Waals surface area (Å²) in [5.74, 6) is 0.887. The monoisotopic (exact) mass is 347 g/mol. The second-order valence-electron chi connectivity index (χ2n) is 3.85. The van der Waals surface area contributed by atoms with Gasteiger partial charge in [0.15, 0.2) is 0 Å². The van der Waals surface area contributed by atoms with Gasteiger partial charge in [0.25, 0.3) is 0 Å². The summed E-state index contributed by atoms with van der Waals surface area (Å²) in [7, 11) is 3.78. The van der Waals surface area contributed by atoms with Crippen molar-refractivity contribution in [1.29, 1.82) is 0 Å². The van der Waals surface area contributed by atoms with E-state index in [-0.39, 0.29) is 18.3 Å². The number of carbonyl (C=O) groups is 1. The summed E-state index contributed by atoms with van der Waals surface area (Å²) in [5.41, 5.74) is 0.475. The van der Waals surface area contributed by atoms with Crippen LogP contribution in [-0.2, 0) is 4.79 Å². The molecule has 1 fully saturated rings. The number of benzene rings is 1. The Morgan fingerprint density at radius 1 is 1.61 bits per heavy atom. The molecule has 0 radical (unpaired) electrons. The third kappa shape index (κ3) is 3.38. The molecule has 3 N–H and O–H groups in total. The molecule has 0 aromatic heterocycles. The van der Waals surface area contributed by atoms with Crippen LogP contribution in [-0.4, -0.2) is 46.1 Å². The average Bonchev–Trinajstić information content (AvgIpc) is 2.80. The normalized spacial score (nSPS) is 23.0.